The van der Waals surface area contributed by atoms with Crippen molar-refractivity contribution in [1.82, 2.24) is 4.98 Å². The Kier molecular flexibility index (Phi) is 6.20. The zero-order valence-corrected chi connectivity index (χ0v) is 25.0. The van der Waals surface area contributed by atoms with Crippen molar-refractivity contribution in [3.05, 3.63) is 87.6 Å². The molecule has 6 rings (SSSR count). The van der Waals surface area contributed by atoms with Crippen molar-refractivity contribution in [2.75, 3.05) is 0 Å². The van der Waals surface area contributed by atoms with Gasteiger partial charge in [0.05, 0.1) is 15.9 Å². The zero-order chi connectivity index (χ0) is 26.8. The van der Waals surface area contributed by atoms with Gasteiger partial charge in [-0.2, -0.15) is 0 Å². The summed E-state index contributed by atoms with van der Waals surface area (Å²) >= 11 is 3.75. The maximum Gasteiger partial charge on any atom is 0.0855 e. The van der Waals surface area contributed by atoms with E-state index in [-0.39, 0.29) is 5.41 Å². The third-order valence-electron chi connectivity index (χ3n) is 7.69. The minimum absolute atomic E-state index is 0.0342. The average molecular weight is 534 g/mol. The molecule has 192 valence electrons. The quantitative estimate of drug-likeness (QED) is 0.220. The van der Waals surface area contributed by atoms with Crippen LogP contribution in [0.1, 0.15) is 56.2 Å². The summed E-state index contributed by atoms with van der Waals surface area (Å²) in [7, 11) is 0. The van der Waals surface area contributed by atoms with E-state index < -0.39 is 0 Å². The highest BCUT2D eigenvalue weighted by molar-refractivity contribution is 7.20. The molecule has 38 heavy (non-hydrogen) atoms. The molecule has 6 aromatic rings. The first-order valence-electron chi connectivity index (χ1n) is 13.6. The van der Waals surface area contributed by atoms with Crippen LogP contribution in [-0.4, -0.2) is 4.98 Å². The number of fused-ring (bicyclic) bond motifs is 3. The van der Waals surface area contributed by atoms with E-state index in [1.807, 2.05) is 22.7 Å². The van der Waals surface area contributed by atoms with Crippen LogP contribution < -0.4 is 0 Å². The van der Waals surface area contributed by atoms with Gasteiger partial charge in [-0.05, 0) is 94.3 Å². The first-order valence-corrected chi connectivity index (χ1v) is 15.3. The second kappa shape index (κ2) is 9.32. The molecule has 0 aliphatic carbocycles. The molecule has 3 aromatic heterocycles. The normalized spacial score (nSPS) is 12.4. The van der Waals surface area contributed by atoms with Crippen LogP contribution in [0.15, 0.2) is 66.0 Å². The number of benzene rings is 3. The Balaban J connectivity index is 1.65. The van der Waals surface area contributed by atoms with Gasteiger partial charge < -0.3 is 0 Å². The van der Waals surface area contributed by atoms with Crippen LogP contribution in [0.3, 0.4) is 0 Å². The Morgan fingerprint density at radius 2 is 1.63 bits per heavy atom. The minimum Gasteiger partial charge on any atom is -0.247 e. The van der Waals surface area contributed by atoms with E-state index in [0.29, 0.717) is 5.92 Å². The summed E-state index contributed by atoms with van der Waals surface area (Å²) < 4.78 is 2.72. The molecule has 0 N–H and O–H groups in total. The first kappa shape index (κ1) is 25.3. The minimum atomic E-state index is 0.0342. The third-order valence-corrected chi connectivity index (χ3v) is 9.91. The van der Waals surface area contributed by atoms with E-state index in [2.05, 4.69) is 115 Å². The van der Waals surface area contributed by atoms with E-state index in [4.69, 9.17) is 4.98 Å². The predicted octanol–water partition coefficient (Wildman–Crippen LogP) is 11.1. The SMILES string of the molecule is Cc1sc2c(-c3ccc(CC(C)C)c4sccc34)cc(-c3cc(C(C)(C)C)c4ccccc4c3)nc2c1C. The van der Waals surface area contributed by atoms with Gasteiger partial charge in [0.25, 0.3) is 0 Å². The molecule has 3 heterocycles. The molecule has 1 nitrogen and oxygen atoms in total. The molecule has 0 unspecified atom stereocenters. The number of rotatable bonds is 4. The van der Waals surface area contributed by atoms with E-state index in [0.717, 1.165) is 17.6 Å². The summed E-state index contributed by atoms with van der Waals surface area (Å²) in [4.78, 5) is 6.66. The fourth-order valence-electron chi connectivity index (χ4n) is 5.67. The van der Waals surface area contributed by atoms with Crippen molar-refractivity contribution in [3.63, 3.8) is 0 Å². The molecule has 0 radical (unpaired) electrons. The second-order valence-electron chi connectivity index (χ2n) is 12.0. The second-order valence-corrected chi connectivity index (χ2v) is 14.2. The number of aromatic nitrogens is 1. The highest BCUT2D eigenvalue weighted by atomic mass is 32.1. The lowest BCUT2D eigenvalue weighted by Gasteiger charge is -2.23. The summed E-state index contributed by atoms with van der Waals surface area (Å²) in [5.74, 6) is 0.637. The average Bonchev–Trinajstić information content (AvgIpc) is 3.48. The molecule has 0 bridgehead atoms. The topological polar surface area (TPSA) is 12.9 Å². The summed E-state index contributed by atoms with van der Waals surface area (Å²) in [6, 6.07) is 22.8. The monoisotopic (exact) mass is 533 g/mol. The molecule has 0 aliphatic rings. The molecule has 0 fully saturated rings. The van der Waals surface area contributed by atoms with Gasteiger partial charge in [-0.1, -0.05) is 71.0 Å². The van der Waals surface area contributed by atoms with E-state index >= 15 is 0 Å². The highest BCUT2D eigenvalue weighted by Crippen LogP contribution is 2.44. The van der Waals surface area contributed by atoms with Gasteiger partial charge in [-0.15, -0.1) is 22.7 Å². The number of thiophene rings is 2. The smallest absolute Gasteiger partial charge is 0.0855 e. The van der Waals surface area contributed by atoms with Gasteiger partial charge >= 0.3 is 0 Å². The highest BCUT2D eigenvalue weighted by Gasteiger charge is 2.21. The van der Waals surface area contributed by atoms with Crippen molar-refractivity contribution < 1.29 is 0 Å². The zero-order valence-electron chi connectivity index (χ0n) is 23.4. The lowest BCUT2D eigenvalue weighted by molar-refractivity contribution is 0.596. The van der Waals surface area contributed by atoms with Crippen LogP contribution in [0, 0.1) is 19.8 Å². The molecule has 3 heteroatoms. The van der Waals surface area contributed by atoms with Crippen LogP contribution >= 0.6 is 22.7 Å². The van der Waals surface area contributed by atoms with Gasteiger partial charge in [-0.3, -0.25) is 0 Å². The van der Waals surface area contributed by atoms with E-state index in [1.54, 1.807) is 0 Å². The summed E-state index contributed by atoms with van der Waals surface area (Å²) in [5.41, 5.74) is 10.2. The predicted molar refractivity (Wildman–Crippen MR) is 170 cm³/mol. The van der Waals surface area contributed by atoms with Gasteiger partial charge in [0, 0.05) is 26.1 Å². The number of aryl methyl sites for hydroxylation is 2. The Bertz CT molecular complexity index is 1820. The number of hydrogen-bond donors (Lipinski definition) is 0. The number of nitrogens with zero attached hydrogens (tertiary/aromatic N) is 1. The Morgan fingerprint density at radius 1 is 0.842 bits per heavy atom. The summed E-state index contributed by atoms with van der Waals surface area (Å²) in [6.07, 6.45) is 1.11. The van der Waals surface area contributed by atoms with Gasteiger partial charge in [0.15, 0.2) is 0 Å². The van der Waals surface area contributed by atoms with Crippen LogP contribution in [0.25, 0.3) is 53.5 Å². The van der Waals surface area contributed by atoms with Crippen molar-refractivity contribution in [1.29, 1.82) is 0 Å². The lowest BCUT2D eigenvalue weighted by atomic mass is 9.82. The van der Waals surface area contributed by atoms with Crippen molar-refractivity contribution in [2.45, 2.75) is 60.3 Å². The van der Waals surface area contributed by atoms with Crippen LogP contribution in [0.4, 0.5) is 0 Å². The Hall–Kier alpha value is -3.01. The van der Waals surface area contributed by atoms with Gasteiger partial charge in [0.2, 0.25) is 0 Å². The summed E-state index contributed by atoms with van der Waals surface area (Å²) in [5, 5.41) is 6.22. The van der Waals surface area contributed by atoms with Crippen molar-refractivity contribution >= 4 is 53.7 Å². The Morgan fingerprint density at radius 3 is 2.39 bits per heavy atom. The standard InChI is InChI=1S/C35H35NS2/c1-20(2)16-24-12-13-27(28-14-15-37-33(24)28)29-19-31(36-32-21(3)22(4)38-34(29)32)25-17-23-10-8-9-11-26(23)30(18-25)35(5,6)7/h8-15,17-20H,16H2,1-7H3. The van der Waals surface area contributed by atoms with Gasteiger partial charge in [0.1, 0.15) is 0 Å². The van der Waals surface area contributed by atoms with Gasteiger partial charge in [-0.25, -0.2) is 4.98 Å². The third kappa shape index (κ3) is 4.26. The number of pyridine rings is 1. The molecular weight excluding hydrogens is 499 g/mol. The van der Waals surface area contributed by atoms with Crippen molar-refractivity contribution in [3.8, 4) is 22.4 Å². The molecule has 3 aromatic carbocycles. The van der Waals surface area contributed by atoms with E-state index in [1.165, 1.54) is 63.8 Å². The maximum absolute atomic E-state index is 5.32. The van der Waals surface area contributed by atoms with E-state index in [9.17, 15) is 0 Å². The first-order chi connectivity index (χ1) is 18.1. The molecule has 0 saturated carbocycles. The molecule has 0 amide bonds. The molecule has 0 aliphatic heterocycles. The maximum atomic E-state index is 5.32. The molecular formula is C35H35NS2. The van der Waals surface area contributed by atoms with Crippen LogP contribution in [0.5, 0.6) is 0 Å². The lowest BCUT2D eigenvalue weighted by Crippen LogP contribution is -2.12. The number of hydrogen-bond acceptors (Lipinski definition) is 3. The largest absolute Gasteiger partial charge is 0.247 e. The fourth-order valence-corrected chi connectivity index (χ4v) is 7.75. The Labute approximate surface area is 234 Å². The summed E-state index contributed by atoms with van der Waals surface area (Å²) in [6.45, 7) is 16.0. The van der Waals surface area contributed by atoms with Crippen molar-refractivity contribution in [2.24, 2.45) is 5.92 Å². The molecule has 0 saturated heterocycles. The van der Waals surface area contributed by atoms with Crippen LogP contribution in [-0.2, 0) is 11.8 Å². The molecule has 0 atom stereocenters. The molecule has 0 spiro atoms. The van der Waals surface area contributed by atoms with Crippen LogP contribution in [0.2, 0.25) is 0 Å². The fraction of sp³-hybridized carbons (Fsp3) is 0.286.